The Morgan fingerprint density at radius 3 is 2.92 bits per heavy atom. The minimum atomic E-state index is 0.585. The molecule has 8 nitrogen and oxygen atoms in total. The van der Waals surface area contributed by atoms with Gasteiger partial charge < -0.3 is 0 Å². The fraction of sp³-hybridized carbons (Fsp3) is 0.438. The van der Waals surface area contributed by atoms with Crippen LogP contribution in [0.25, 0.3) is 5.69 Å². The van der Waals surface area contributed by atoms with E-state index in [-0.39, 0.29) is 0 Å². The average Bonchev–Trinajstić information content (AvgIpc) is 3.28. The van der Waals surface area contributed by atoms with Crippen molar-refractivity contribution in [3.05, 3.63) is 48.8 Å². The Morgan fingerprint density at radius 2 is 2.08 bits per heavy atom. The van der Waals surface area contributed by atoms with Gasteiger partial charge in [0, 0.05) is 13.1 Å². The first-order chi connectivity index (χ1) is 11.9. The number of nitrogens with zero attached hydrogens (tertiary/aromatic N) is 8. The topological polar surface area (TPSA) is 77.5 Å². The summed E-state index contributed by atoms with van der Waals surface area (Å²) in [4.78, 5) is 6.45. The molecular formula is C16H20N8. The highest BCUT2D eigenvalue weighted by Gasteiger charge is 2.22. The van der Waals surface area contributed by atoms with E-state index >= 15 is 0 Å². The van der Waals surface area contributed by atoms with Crippen molar-refractivity contribution >= 4 is 0 Å². The van der Waals surface area contributed by atoms with Crippen LogP contribution in [0.1, 0.15) is 18.7 Å². The summed E-state index contributed by atoms with van der Waals surface area (Å²) in [6, 6.07) is 10.0. The van der Waals surface area contributed by atoms with Crippen LogP contribution in [0, 0.1) is 5.92 Å². The van der Waals surface area contributed by atoms with Crippen molar-refractivity contribution in [3.8, 4) is 5.69 Å². The number of likely N-dealkylation sites (tertiary alicyclic amines) is 1. The predicted octanol–water partition coefficient (Wildman–Crippen LogP) is 1.17. The Kier molecular flexibility index (Phi) is 4.28. The van der Waals surface area contributed by atoms with Crippen LogP contribution in [0.4, 0.5) is 0 Å². The lowest BCUT2D eigenvalue weighted by Gasteiger charge is -2.32. The molecular weight excluding hydrogens is 304 g/mol. The van der Waals surface area contributed by atoms with Crippen LogP contribution in [-0.4, -0.2) is 53.0 Å². The third-order valence-corrected chi connectivity index (χ3v) is 4.41. The number of hydrogen-bond donors (Lipinski definition) is 0. The van der Waals surface area contributed by atoms with E-state index < -0.39 is 0 Å². The second kappa shape index (κ2) is 6.88. The van der Waals surface area contributed by atoms with Crippen LogP contribution in [0.3, 0.4) is 0 Å². The van der Waals surface area contributed by atoms with Gasteiger partial charge in [0.25, 0.3) is 0 Å². The van der Waals surface area contributed by atoms with Crippen molar-refractivity contribution < 1.29 is 0 Å². The van der Waals surface area contributed by atoms with Crippen molar-refractivity contribution in [3.63, 3.8) is 0 Å². The molecule has 24 heavy (non-hydrogen) atoms. The van der Waals surface area contributed by atoms with Gasteiger partial charge in [-0.25, -0.2) is 4.98 Å². The van der Waals surface area contributed by atoms with E-state index in [0.717, 1.165) is 37.7 Å². The van der Waals surface area contributed by atoms with Crippen molar-refractivity contribution in [1.29, 1.82) is 0 Å². The molecule has 3 aromatic rings. The third kappa shape index (κ3) is 3.33. The van der Waals surface area contributed by atoms with Crippen molar-refractivity contribution in [1.82, 2.24) is 39.9 Å². The lowest BCUT2D eigenvalue weighted by molar-refractivity contribution is 0.149. The number of hydrogen-bond acceptors (Lipinski definition) is 6. The van der Waals surface area contributed by atoms with Crippen LogP contribution < -0.4 is 0 Å². The zero-order valence-electron chi connectivity index (χ0n) is 13.4. The van der Waals surface area contributed by atoms with Gasteiger partial charge in [-0.1, -0.05) is 18.2 Å². The summed E-state index contributed by atoms with van der Waals surface area (Å²) in [5.74, 6) is 1.46. The number of para-hydroxylation sites is 1. The standard InChI is InChI=1S/C16H20N8/c1-2-6-15(7-3-1)24-16(19-20-21-24)11-22-8-4-5-14(9-22)10-23-13-17-12-18-23/h1-3,6-7,12-14H,4-5,8-11H2/t14-/m0/s1. The maximum absolute atomic E-state index is 4.22. The minimum Gasteiger partial charge on any atom is -0.296 e. The second-order valence-corrected chi connectivity index (χ2v) is 6.20. The van der Waals surface area contributed by atoms with Crippen molar-refractivity contribution in [2.24, 2.45) is 5.92 Å². The zero-order valence-corrected chi connectivity index (χ0v) is 13.4. The zero-order chi connectivity index (χ0) is 16.2. The number of piperidine rings is 1. The predicted molar refractivity (Wildman–Crippen MR) is 87.2 cm³/mol. The molecule has 1 atom stereocenters. The van der Waals surface area contributed by atoms with Gasteiger partial charge in [0.15, 0.2) is 5.82 Å². The molecule has 1 fully saturated rings. The Bertz CT molecular complexity index is 752. The van der Waals surface area contributed by atoms with Gasteiger partial charge in [0.1, 0.15) is 12.7 Å². The van der Waals surface area contributed by atoms with Crippen LogP contribution in [-0.2, 0) is 13.1 Å². The molecule has 0 aliphatic carbocycles. The Balaban J connectivity index is 1.43. The maximum Gasteiger partial charge on any atom is 0.170 e. The lowest BCUT2D eigenvalue weighted by Crippen LogP contribution is -2.37. The van der Waals surface area contributed by atoms with E-state index in [0.29, 0.717) is 5.92 Å². The number of rotatable bonds is 5. The van der Waals surface area contributed by atoms with E-state index in [9.17, 15) is 0 Å². The first-order valence-corrected chi connectivity index (χ1v) is 8.26. The molecule has 0 unspecified atom stereocenters. The van der Waals surface area contributed by atoms with Crippen molar-refractivity contribution in [2.45, 2.75) is 25.9 Å². The summed E-state index contributed by atoms with van der Waals surface area (Å²) < 4.78 is 3.74. The highest BCUT2D eigenvalue weighted by molar-refractivity contribution is 5.30. The molecule has 1 aliphatic rings. The molecule has 0 spiro atoms. The molecule has 0 bridgehead atoms. The van der Waals surface area contributed by atoms with Crippen LogP contribution in [0.5, 0.6) is 0 Å². The second-order valence-electron chi connectivity index (χ2n) is 6.20. The molecule has 2 aromatic heterocycles. The summed E-state index contributed by atoms with van der Waals surface area (Å²) in [5.41, 5.74) is 0.994. The van der Waals surface area contributed by atoms with Gasteiger partial charge >= 0.3 is 0 Å². The first-order valence-electron chi connectivity index (χ1n) is 8.26. The fourth-order valence-electron chi connectivity index (χ4n) is 3.31. The van der Waals surface area contributed by atoms with Gasteiger partial charge in [-0.05, 0) is 47.9 Å². The summed E-state index contributed by atoms with van der Waals surface area (Å²) in [7, 11) is 0. The molecule has 4 rings (SSSR count). The van der Waals surface area contributed by atoms with E-state index in [2.05, 4.69) is 30.5 Å². The summed E-state index contributed by atoms with van der Waals surface area (Å²) in [6.07, 6.45) is 5.79. The number of benzene rings is 1. The summed E-state index contributed by atoms with van der Waals surface area (Å²) in [5, 5.41) is 16.4. The molecule has 1 saturated heterocycles. The molecule has 0 saturated carbocycles. The highest BCUT2D eigenvalue weighted by Crippen LogP contribution is 2.20. The van der Waals surface area contributed by atoms with E-state index in [4.69, 9.17) is 0 Å². The third-order valence-electron chi connectivity index (χ3n) is 4.41. The van der Waals surface area contributed by atoms with Crippen LogP contribution >= 0.6 is 0 Å². The van der Waals surface area contributed by atoms with Crippen LogP contribution in [0.2, 0.25) is 0 Å². The molecule has 124 valence electrons. The molecule has 0 N–H and O–H groups in total. The maximum atomic E-state index is 4.22. The molecule has 0 radical (unpaired) electrons. The monoisotopic (exact) mass is 324 g/mol. The SMILES string of the molecule is c1ccc(-n2nnnc2CN2CCC[C@H](Cn3cncn3)C2)cc1. The highest BCUT2D eigenvalue weighted by atomic mass is 15.5. The summed E-state index contributed by atoms with van der Waals surface area (Å²) in [6.45, 7) is 3.78. The first kappa shape index (κ1) is 14.9. The lowest BCUT2D eigenvalue weighted by atomic mass is 9.98. The molecule has 1 aliphatic heterocycles. The minimum absolute atomic E-state index is 0.585. The average molecular weight is 324 g/mol. The smallest absolute Gasteiger partial charge is 0.170 e. The Labute approximate surface area is 140 Å². The summed E-state index contributed by atoms with van der Waals surface area (Å²) >= 11 is 0. The van der Waals surface area contributed by atoms with Gasteiger partial charge in [-0.2, -0.15) is 9.78 Å². The molecule has 3 heterocycles. The number of tetrazole rings is 1. The Morgan fingerprint density at radius 1 is 1.17 bits per heavy atom. The van der Waals surface area contributed by atoms with Crippen molar-refractivity contribution in [2.75, 3.05) is 13.1 Å². The van der Waals surface area contributed by atoms with Gasteiger partial charge in [0.05, 0.1) is 12.2 Å². The largest absolute Gasteiger partial charge is 0.296 e. The van der Waals surface area contributed by atoms with E-state index in [1.165, 1.54) is 12.8 Å². The normalized spacial score (nSPS) is 18.8. The van der Waals surface area contributed by atoms with E-state index in [1.807, 2.05) is 39.7 Å². The van der Waals surface area contributed by atoms with Gasteiger partial charge in [-0.15, -0.1) is 5.10 Å². The molecule has 0 amide bonds. The van der Waals surface area contributed by atoms with Gasteiger partial charge in [-0.3, -0.25) is 9.58 Å². The Hall–Kier alpha value is -2.61. The van der Waals surface area contributed by atoms with Crippen LogP contribution in [0.15, 0.2) is 43.0 Å². The van der Waals surface area contributed by atoms with Gasteiger partial charge in [0.2, 0.25) is 0 Å². The molecule has 8 heteroatoms. The van der Waals surface area contributed by atoms with E-state index in [1.54, 1.807) is 12.7 Å². The fourth-order valence-corrected chi connectivity index (χ4v) is 3.31. The quantitative estimate of drug-likeness (QED) is 0.701. The number of aromatic nitrogens is 7. The molecule has 1 aromatic carbocycles.